The van der Waals surface area contributed by atoms with Gasteiger partial charge in [-0.15, -0.1) is 0 Å². The molecular weight excluding hydrogens is 450 g/mol. The number of hydrogen-bond acceptors (Lipinski definition) is 3. The molecule has 2 amide bonds. The Hall–Kier alpha value is -4.07. The van der Waals surface area contributed by atoms with E-state index in [1.165, 1.54) is 9.47 Å². The predicted octanol–water partition coefficient (Wildman–Crippen LogP) is 5.84. The third kappa shape index (κ3) is 4.77. The Morgan fingerprint density at radius 3 is 2.43 bits per heavy atom. The molecule has 1 unspecified atom stereocenters. The summed E-state index contributed by atoms with van der Waals surface area (Å²) in [6.45, 7) is 3.92. The summed E-state index contributed by atoms with van der Waals surface area (Å²) >= 11 is 0. The molecule has 1 heterocycles. The van der Waals surface area contributed by atoms with Crippen LogP contribution < -0.4 is 10.9 Å². The van der Waals surface area contributed by atoms with E-state index in [4.69, 9.17) is 4.98 Å². The van der Waals surface area contributed by atoms with Gasteiger partial charge in [0.15, 0.2) is 0 Å². The number of rotatable bonds is 6. The van der Waals surface area contributed by atoms with Crippen LogP contribution in [0.4, 0.5) is 19.3 Å². The minimum absolute atomic E-state index is 0.142. The van der Waals surface area contributed by atoms with Crippen LogP contribution in [0.5, 0.6) is 0 Å². The molecule has 0 saturated carbocycles. The summed E-state index contributed by atoms with van der Waals surface area (Å²) < 4.78 is 28.9. The number of aromatic nitrogens is 2. The summed E-state index contributed by atoms with van der Waals surface area (Å²) in [6.07, 6.45) is 1.30. The number of aryl methyl sites for hydroxylation is 1. The number of amides is 2. The molecule has 8 heteroatoms. The zero-order valence-electron chi connectivity index (χ0n) is 19.8. The van der Waals surface area contributed by atoms with E-state index in [0.29, 0.717) is 34.9 Å². The highest BCUT2D eigenvalue weighted by Gasteiger charge is 2.27. The first-order valence-corrected chi connectivity index (χ1v) is 11.4. The molecule has 0 bridgehead atoms. The Kier molecular flexibility index (Phi) is 6.91. The Labute approximate surface area is 201 Å². The zero-order valence-corrected chi connectivity index (χ0v) is 19.8. The van der Waals surface area contributed by atoms with Crippen molar-refractivity contribution in [3.05, 3.63) is 100 Å². The maximum atomic E-state index is 14.1. The molecular formula is C27H26F2N4O2. The van der Waals surface area contributed by atoms with Gasteiger partial charge in [0.1, 0.15) is 17.5 Å². The fourth-order valence-electron chi connectivity index (χ4n) is 4.07. The van der Waals surface area contributed by atoms with Crippen LogP contribution in [0.2, 0.25) is 0 Å². The van der Waals surface area contributed by atoms with Crippen molar-refractivity contribution in [2.45, 2.75) is 32.7 Å². The number of nitrogens with one attached hydrogen (secondary N) is 1. The molecule has 0 fully saturated rings. The first-order valence-electron chi connectivity index (χ1n) is 11.4. The van der Waals surface area contributed by atoms with Crippen LogP contribution in [0.25, 0.3) is 16.6 Å². The topological polar surface area (TPSA) is 67.2 Å². The quantitative estimate of drug-likeness (QED) is 0.380. The van der Waals surface area contributed by atoms with Crippen molar-refractivity contribution in [2.75, 3.05) is 12.4 Å². The van der Waals surface area contributed by atoms with E-state index in [0.717, 1.165) is 24.1 Å². The number of para-hydroxylation sites is 1. The van der Waals surface area contributed by atoms with E-state index in [9.17, 15) is 18.4 Å². The minimum Gasteiger partial charge on any atom is -0.317 e. The molecule has 1 atom stereocenters. The monoisotopic (exact) mass is 476 g/mol. The highest BCUT2D eigenvalue weighted by molar-refractivity contribution is 5.89. The lowest BCUT2D eigenvalue weighted by molar-refractivity contribution is 0.199. The van der Waals surface area contributed by atoms with E-state index < -0.39 is 23.7 Å². The van der Waals surface area contributed by atoms with Gasteiger partial charge in [0.05, 0.1) is 28.3 Å². The number of hydrogen-bond donors (Lipinski definition) is 1. The smallest absolute Gasteiger partial charge is 0.317 e. The summed E-state index contributed by atoms with van der Waals surface area (Å²) in [5, 5.41) is 2.94. The molecule has 0 aliphatic carbocycles. The van der Waals surface area contributed by atoms with Crippen molar-refractivity contribution in [1.29, 1.82) is 0 Å². The summed E-state index contributed by atoms with van der Waals surface area (Å²) in [4.78, 5) is 32.8. The zero-order chi connectivity index (χ0) is 25.1. The lowest BCUT2D eigenvalue weighted by atomic mass is 10.1. The van der Waals surface area contributed by atoms with Crippen LogP contribution in [0.15, 0.2) is 71.5 Å². The van der Waals surface area contributed by atoms with Gasteiger partial charge in [0.25, 0.3) is 5.56 Å². The molecule has 0 radical (unpaired) electrons. The molecule has 0 saturated heterocycles. The van der Waals surface area contributed by atoms with Gasteiger partial charge in [0.2, 0.25) is 0 Å². The number of anilines is 1. The number of carbonyl (C=O) groups excluding carboxylic acids is 1. The van der Waals surface area contributed by atoms with Crippen molar-refractivity contribution >= 4 is 22.6 Å². The van der Waals surface area contributed by atoms with E-state index in [-0.39, 0.29) is 11.2 Å². The van der Waals surface area contributed by atoms with E-state index >= 15 is 0 Å². The average molecular weight is 477 g/mol. The van der Waals surface area contributed by atoms with Gasteiger partial charge in [-0.1, -0.05) is 38.1 Å². The maximum Gasteiger partial charge on any atom is 0.322 e. The van der Waals surface area contributed by atoms with Crippen LogP contribution >= 0.6 is 0 Å². The number of nitrogens with zero attached hydrogens (tertiary/aromatic N) is 3. The molecule has 3 aromatic carbocycles. The normalized spacial score (nSPS) is 11.9. The number of benzene rings is 3. The van der Waals surface area contributed by atoms with Crippen LogP contribution in [-0.4, -0.2) is 27.5 Å². The molecule has 1 N–H and O–H groups in total. The number of urea groups is 1. The van der Waals surface area contributed by atoms with Gasteiger partial charge < -0.3 is 10.2 Å². The van der Waals surface area contributed by atoms with Crippen molar-refractivity contribution in [2.24, 2.45) is 0 Å². The Balaban J connectivity index is 1.80. The molecule has 4 aromatic rings. The molecule has 180 valence electrons. The molecule has 0 spiro atoms. The van der Waals surface area contributed by atoms with E-state index in [1.807, 2.05) is 31.2 Å². The van der Waals surface area contributed by atoms with E-state index in [2.05, 4.69) is 12.2 Å². The standard InChI is InChI=1S/C27H26F2N4O2/c1-4-17-10-13-19(14-11-17)33-25(30-22-9-7-6-8-20(22)26(33)34)24(5-2)32(3)27(35)31-23-15-12-18(28)16-21(23)29/h6-16,24H,4-5H2,1-3H3,(H,31,35). The fourth-order valence-corrected chi connectivity index (χ4v) is 4.07. The van der Waals surface area contributed by atoms with Crippen molar-refractivity contribution in [3.63, 3.8) is 0 Å². The third-order valence-corrected chi connectivity index (χ3v) is 6.05. The molecule has 0 aliphatic heterocycles. The van der Waals surface area contributed by atoms with Crippen molar-refractivity contribution in [1.82, 2.24) is 14.5 Å². The highest BCUT2D eigenvalue weighted by atomic mass is 19.1. The summed E-state index contributed by atoms with van der Waals surface area (Å²) in [6, 6.07) is 16.4. The largest absolute Gasteiger partial charge is 0.322 e. The van der Waals surface area contributed by atoms with Crippen molar-refractivity contribution < 1.29 is 13.6 Å². The Morgan fingerprint density at radius 2 is 1.77 bits per heavy atom. The van der Waals surface area contributed by atoms with Gasteiger partial charge in [-0.2, -0.15) is 0 Å². The van der Waals surface area contributed by atoms with Gasteiger partial charge in [-0.05, 0) is 54.8 Å². The molecule has 4 rings (SSSR count). The molecule has 6 nitrogen and oxygen atoms in total. The van der Waals surface area contributed by atoms with E-state index in [1.54, 1.807) is 31.3 Å². The second-order valence-corrected chi connectivity index (χ2v) is 8.24. The second-order valence-electron chi connectivity index (χ2n) is 8.24. The number of carbonyl (C=O) groups is 1. The third-order valence-electron chi connectivity index (χ3n) is 6.05. The Morgan fingerprint density at radius 1 is 1.06 bits per heavy atom. The number of halogens is 2. The SMILES string of the molecule is CCc1ccc(-n2c(C(CC)N(C)C(=O)Nc3ccc(F)cc3F)nc3ccccc3c2=O)cc1. The van der Waals surface area contributed by atoms with Crippen LogP contribution in [-0.2, 0) is 6.42 Å². The summed E-state index contributed by atoms with van der Waals surface area (Å²) in [7, 11) is 1.55. The average Bonchev–Trinajstić information content (AvgIpc) is 2.86. The number of fused-ring (bicyclic) bond motifs is 1. The lowest BCUT2D eigenvalue weighted by Gasteiger charge is -2.29. The first-order chi connectivity index (χ1) is 16.8. The lowest BCUT2D eigenvalue weighted by Crippen LogP contribution is -2.38. The summed E-state index contributed by atoms with van der Waals surface area (Å²) in [5.74, 6) is -1.23. The maximum absolute atomic E-state index is 14.1. The summed E-state index contributed by atoms with van der Waals surface area (Å²) in [5.41, 5.74) is 1.90. The van der Waals surface area contributed by atoms with Crippen LogP contribution in [0, 0.1) is 11.6 Å². The molecule has 0 aliphatic rings. The minimum atomic E-state index is -0.878. The van der Waals surface area contributed by atoms with Gasteiger partial charge in [-0.3, -0.25) is 9.36 Å². The fraction of sp³-hybridized carbons (Fsp3) is 0.222. The second kappa shape index (κ2) is 10.0. The van der Waals surface area contributed by atoms with Gasteiger partial charge in [0, 0.05) is 13.1 Å². The highest BCUT2D eigenvalue weighted by Crippen LogP contribution is 2.26. The molecule has 1 aromatic heterocycles. The van der Waals surface area contributed by atoms with Gasteiger partial charge >= 0.3 is 6.03 Å². The predicted molar refractivity (Wildman–Crippen MR) is 133 cm³/mol. The molecule has 35 heavy (non-hydrogen) atoms. The van der Waals surface area contributed by atoms with Gasteiger partial charge in [-0.25, -0.2) is 18.6 Å². The van der Waals surface area contributed by atoms with Crippen molar-refractivity contribution in [3.8, 4) is 5.69 Å². The van der Waals surface area contributed by atoms with Crippen LogP contribution in [0.3, 0.4) is 0 Å². The Bertz CT molecular complexity index is 1430. The first kappa shape index (κ1) is 24.1. The van der Waals surface area contributed by atoms with Crippen LogP contribution in [0.1, 0.15) is 37.7 Å².